The van der Waals surface area contributed by atoms with Gasteiger partial charge in [0.05, 0.1) is 30.0 Å². The Hall–Kier alpha value is -3.42. The molecule has 6 N–H and O–H groups in total. The number of nitrogens with zero attached hydrogens (tertiary/aromatic N) is 1. The van der Waals surface area contributed by atoms with E-state index >= 15 is 0 Å². The highest BCUT2D eigenvalue weighted by Gasteiger charge is 2.20. The number of methoxy groups -OCH3 is 1. The van der Waals surface area contributed by atoms with Crippen LogP contribution in [0.1, 0.15) is 11.1 Å². The summed E-state index contributed by atoms with van der Waals surface area (Å²) in [6.45, 7) is 1.77. The van der Waals surface area contributed by atoms with Crippen LogP contribution < -0.4 is 21.8 Å². The third-order valence-corrected chi connectivity index (χ3v) is 4.15. The molecule has 0 radical (unpaired) electrons. The van der Waals surface area contributed by atoms with Crippen molar-refractivity contribution >= 4 is 28.6 Å². The van der Waals surface area contributed by atoms with Crippen molar-refractivity contribution in [1.29, 1.82) is 5.41 Å². The topological polar surface area (TPSA) is 131 Å². The van der Waals surface area contributed by atoms with Gasteiger partial charge in [-0.3, -0.25) is 9.78 Å². The number of rotatable bonds is 3. The summed E-state index contributed by atoms with van der Waals surface area (Å²) in [5.74, 6) is -0.148. The van der Waals surface area contributed by atoms with E-state index in [1.54, 1.807) is 6.92 Å². The zero-order valence-electron chi connectivity index (χ0n) is 13.6. The summed E-state index contributed by atoms with van der Waals surface area (Å²) in [6.07, 6.45) is 2.44. The molecule has 0 aliphatic rings. The maximum absolute atomic E-state index is 13.8. The Bertz CT molecular complexity index is 1080. The minimum absolute atomic E-state index is 0.0846. The Labute approximate surface area is 142 Å². The van der Waals surface area contributed by atoms with Gasteiger partial charge >= 0.3 is 0 Å². The van der Waals surface area contributed by atoms with Gasteiger partial charge in [-0.05, 0) is 18.6 Å². The molecule has 0 atom stereocenters. The van der Waals surface area contributed by atoms with Gasteiger partial charge in [-0.1, -0.05) is 6.07 Å². The summed E-state index contributed by atoms with van der Waals surface area (Å²) in [7, 11) is 1.50. The summed E-state index contributed by atoms with van der Waals surface area (Å²) < 4.78 is 19.0. The van der Waals surface area contributed by atoms with Crippen LogP contribution in [0.2, 0.25) is 0 Å². The van der Waals surface area contributed by atoms with Gasteiger partial charge in [-0.15, -0.1) is 0 Å². The lowest BCUT2D eigenvalue weighted by atomic mass is 9.96. The van der Waals surface area contributed by atoms with E-state index in [9.17, 15) is 9.18 Å². The van der Waals surface area contributed by atoms with Gasteiger partial charge in [-0.25, -0.2) is 4.39 Å². The first kappa shape index (κ1) is 16.4. The van der Waals surface area contributed by atoms with Crippen molar-refractivity contribution in [3.8, 4) is 16.9 Å². The number of halogens is 1. The second kappa shape index (κ2) is 5.90. The van der Waals surface area contributed by atoms with E-state index in [1.165, 1.54) is 25.4 Å². The number of benzene rings is 1. The van der Waals surface area contributed by atoms with Gasteiger partial charge in [0.1, 0.15) is 17.3 Å². The van der Waals surface area contributed by atoms with E-state index in [0.717, 1.165) is 6.21 Å². The number of fused-ring (bicyclic) bond motifs is 1. The molecule has 25 heavy (non-hydrogen) atoms. The molecule has 0 bridgehead atoms. The summed E-state index contributed by atoms with van der Waals surface area (Å²) in [4.78, 5) is 19.3. The van der Waals surface area contributed by atoms with Crippen molar-refractivity contribution in [2.45, 2.75) is 6.92 Å². The SMILES string of the molecule is COc1cnc2c(-c3ccc(F)c(N)c3C=N)c(N)c(=O)[nH]c2c1C. The van der Waals surface area contributed by atoms with Gasteiger partial charge in [0.15, 0.2) is 0 Å². The minimum Gasteiger partial charge on any atom is -0.495 e. The van der Waals surface area contributed by atoms with Crippen LogP contribution in [0.3, 0.4) is 0 Å². The van der Waals surface area contributed by atoms with Gasteiger partial charge in [0, 0.05) is 22.9 Å². The first-order valence-corrected chi connectivity index (χ1v) is 7.34. The van der Waals surface area contributed by atoms with Crippen LogP contribution in [0.15, 0.2) is 23.1 Å². The maximum Gasteiger partial charge on any atom is 0.272 e. The Morgan fingerprint density at radius 2 is 2.04 bits per heavy atom. The van der Waals surface area contributed by atoms with Crippen molar-refractivity contribution in [2.24, 2.45) is 0 Å². The lowest BCUT2D eigenvalue weighted by molar-refractivity contribution is 0.410. The zero-order valence-corrected chi connectivity index (χ0v) is 13.6. The molecule has 8 heteroatoms. The van der Waals surface area contributed by atoms with Crippen LogP contribution >= 0.6 is 0 Å². The van der Waals surface area contributed by atoms with Gasteiger partial charge in [0.25, 0.3) is 5.56 Å². The molecule has 7 nitrogen and oxygen atoms in total. The summed E-state index contributed by atoms with van der Waals surface area (Å²) in [5, 5.41) is 7.57. The highest BCUT2D eigenvalue weighted by molar-refractivity contribution is 6.05. The summed E-state index contributed by atoms with van der Waals surface area (Å²) in [6, 6.07) is 2.60. The van der Waals surface area contributed by atoms with Crippen LogP contribution in [0.4, 0.5) is 15.8 Å². The number of nitrogens with two attached hydrogens (primary N) is 2. The fourth-order valence-electron chi connectivity index (χ4n) is 2.81. The molecule has 2 aromatic heterocycles. The van der Waals surface area contributed by atoms with Crippen LogP contribution in [0, 0.1) is 18.2 Å². The molecule has 3 rings (SSSR count). The highest BCUT2D eigenvalue weighted by Crippen LogP contribution is 2.36. The van der Waals surface area contributed by atoms with Gasteiger partial charge in [0.2, 0.25) is 0 Å². The number of aromatic nitrogens is 2. The fourth-order valence-corrected chi connectivity index (χ4v) is 2.81. The normalized spacial score (nSPS) is 10.8. The Morgan fingerprint density at radius 3 is 2.68 bits per heavy atom. The lowest BCUT2D eigenvalue weighted by Gasteiger charge is -2.15. The van der Waals surface area contributed by atoms with Crippen LogP contribution in [0.5, 0.6) is 5.75 Å². The molecule has 0 unspecified atom stereocenters. The summed E-state index contributed by atoms with van der Waals surface area (Å²) in [5.41, 5.74) is 13.3. The van der Waals surface area contributed by atoms with Crippen molar-refractivity contribution in [3.63, 3.8) is 0 Å². The summed E-state index contributed by atoms with van der Waals surface area (Å²) >= 11 is 0. The molecule has 0 aliphatic carbocycles. The molecular formula is C17H16FN5O2. The second-order valence-electron chi connectivity index (χ2n) is 5.48. The van der Waals surface area contributed by atoms with Crippen LogP contribution in [-0.2, 0) is 0 Å². The quantitative estimate of drug-likeness (QED) is 0.428. The molecule has 3 aromatic rings. The van der Waals surface area contributed by atoms with E-state index in [-0.39, 0.29) is 16.9 Å². The van der Waals surface area contributed by atoms with E-state index < -0.39 is 11.4 Å². The van der Waals surface area contributed by atoms with Crippen molar-refractivity contribution in [1.82, 2.24) is 9.97 Å². The maximum atomic E-state index is 13.8. The van der Waals surface area contributed by atoms with E-state index in [4.69, 9.17) is 21.6 Å². The predicted molar refractivity (Wildman–Crippen MR) is 95.8 cm³/mol. The highest BCUT2D eigenvalue weighted by atomic mass is 19.1. The molecule has 0 spiro atoms. The molecule has 1 aromatic carbocycles. The number of aromatic amines is 1. The number of anilines is 2. The second-order valence-corrected chi connectivity index (χ2v) is 5.48. The predicted octanol–water partition coefficient (Wildman–Crippen LogP) is 2.21. The standard InChI is InChI=1S/C17H16FN5O2/c1-7-11(25-2)6-22-16-12(14(21)17(24)23-15(7)16)8-3-4-10(18)13(20)9(8)5-19/h3-6,19H,20-21H2,1-2H3,(H,23,24). The number of H-pyrrole nitrogens is 1. The number of ether oxygens (including phenoxy) is 1. The van der Waals surface area contributed by atoms with Gasteiger partial charge < -0.3 is 26.6 Å². The van der Waals surface area contributed by atoms with Crippen LogP contribution in [-0.4, -0.2) is 23.3 Å². The third-order valence-electron chi connectivity index (χ3n) is 4.15. The first-order chi connectivity index (χ1) is 11.9. The third kappa shape index (κ3) is 2.38. The average molecular weight is 341 g/mol. The Morgan fingerprint density at radius 1 is 1.32 bits per heavy atom. The van der Waals surface area contributed by atoms with Crippen molar-refractivity contribution in [2.75, 3.05) is 18.6 Å². The van der Waals surface area contributed by atoms with E-state index in [1.807, 2.05) is 0 Å². The number of hydrogen-bond acceptors (Lipinski definition) is 6. The monoisotopic (exact) mass is 341 g/mol. The molecule has 2 heterocycles. The van der Waals surface area contributed by atoms with E-state index in [0.29, 0.717) is 33.5 Å². The number of hydrogen-bond donors (Lipinski definition) is 4. The Balaban J connectivity index is 2.51. The fraction of sp³-hybridized carbons (Fsp3) is 0.118. The van der Waals surface area contributed by atoms with E-state index in [2.05, 4.69) is 9.97 Å². The minimum atomic E-state index is -0.652. The molecular weight excluding hydrogens is 325 g/mol. The molecule has 128 valence electrons. The molecule has 0 aliphatic heterocycles. The Kier molecular flexibility index (Phi) is 3.88. The first-order valence-electron chi connectivity index (χ1n) is 7.34. The lowest BCUT2D eigenvalue weighted by Crippen LogP contribution is -2.15. The molecule has 0 saturated carbocycles. The van der Waals surface area contributed by atoms with Crippen molar-refractivity contribution in [3.05, 3.63) is 45.6 Å². The number of aryl methyl sites for hydroxylation is 1. The zero-order chi connectivity index (χ0) is 18.3. The number of pyridine rings is 2. The smallest absolute Gasteiger partial charge is 0.272 e. The molecule has 0 saturated heterocycles. The average Bonchev–Trinajstić information content (AvgIpc) is 2.60. The largest absolute Gasteiger partial charge is 0.495 e. The number of nitrogens with one attached hydrogen (secondary N) is 2. The molecule has 0 amide bonds. The molecule has 0 fully saturated rings. The number of nitrogen functional groups attached to an aromatic ring is 2. The van der Waals surface area contributed by atoms with Crippen LogP contribution in [0.25, 0.3) is 22.2 Å². The van der Waals surface area contributed by atoms with Crippen molar-refractivity contribution < 1.29 is 9.13 Å². The van der Waals surface area contributed by atoms with Gasteiger partial charge in [-0.2, -0.15) is 0 Å².